The third kappa shape index (κ3) is 5.08. The molecule has 0 aromatic heterocycles. The summed E-state index contributed by atoms with van der Waals surface area (Å²) in [7, 11) is 0. The third-order valence-electron chi connectivity index (χ3n) is 6.10. The Kier molecular flexibility index (Phi) is 5.92. The molecule has 0 bridgehead atoms. The van der Waals surface area contributed by atoms with Gasteiger partial charge >= 0.3 is 0 Å². The van der Waals surface area contributed by atoms with Crippen LogP contribution in [0.1, 0.15) is 18.4 Å². The van der Waals surface area contributed by atoms with E-state index in [4.69, 9.17) is 21.1 Å². The van der Waals surface area contributed by atoms with Gasteiger partial charge in [-0.2, -0.15) is 0 Å². The lowest BCUT2D eigenvalue weighted by Crippen LogP contribution is -2.47. The highest BCUT2D eigenvalue weighted by Gasteiger charge is 2.26. The number of benzene rings is 2. The lowest BCUT2D eigenvalue weighted by Gasteiger charge is -2.36. The lowest BCUT2D eigenvalue weighted by molar-refractivity contribution is -0.115. The van der Waals surface area contributed by atoms with Crippen LogP contribution in [-0.2, 0) is 11.2 Å². The predicted octanol–water partition coefficient (Wildman–Crippen LogP) is 3.82. The summed E-state index contributed by atoms with van der Waals surface area (Å²) in [6.45, 7) is 6.50. The first kappa shape index (κ1) is 20.5. The number of carbonyl (C=O) groups excluding carboxylic acids is 1. The Morgan fingerprint density at radius 1 is 1.06 bits per heavy atom. The van der Waals surface area contributed by atoms with E-state index < -0.39 is 0 Å². The number of halogens is 1. The first-order chi connectivity index (χ1) is 15.1. The van der Waals surface area contributed by atoms with Crippen LogP contribution in [0.15, 0.2) is 36.4 Å². The van der Waals surface area contributed by atoms with Crippen molar-refractivity contribution in [3.63, 3.8) is 0 Å². The maximum absolute atomic E-state index is 12.7. The van der Waals surface area contributed by atoms with Gasteiger partial charge in [0.15, 0.2) is 11.5 Å². The molecule has 0 unspecified atom stereocenters. The van der Waals surface area contributed by atoms with Gasteiger partial charge in [-0.3, -0.25) is 9.69 Å². The van der Waals surface area contributed by atoms with Crippen molar-refractivity contribution in [2.75, 3.05) is 56.2 Å². The Balaban J connectivity index is 1.19. The fourth-order valence-electron chi connectivity index (χ4n) is 4.29. The molecule has 2 aromatic rings. The van der Waals surface area contributed by atoms with Crippen molar-refractivity contribution in [1.29, 1.82) is 0 Å². The highest BCUT2D eigenvalue weighted by Crippen LogP contribution is 2.38. The zero-order chi connectivity index (χ0) is 21.2. The van der Waals surface area contributed by atoms with Crippen LogP contribution in [0, 0.1) is 5.92 Å². The Hall–Kier alpha value is -2.44. The molecule has 1 aliphatic carbocycles. The molecule has 3 aliphatic rings. The summed E-state index contributed by atoms with van der Waals surface area (Å²) >= 11 is 6.29. The number of hydrogen-bond donors (Lipinski definition) is 1. The van der Waals surface area contributed by atoms with Gasteiger partial charge in [0.25, 0.3) is 0 Å². The molecular formula is C24H28ClN3O3. The fraction of sp³-hybridized carbons (Fsp3) is 0.458. The SMILES string of the molecule is O=C(Cc1cc(Cl)c2c(c1)OCCO2)Nc1cccc(N2CCN(CC3CC3)CC2)c1. The molecule has 1 N–H and O–H groups in total. The van der Waals surface area contributed by atoms with Crippen LogP contribution in [0.25, 0.3) is 0 Å². The zero-order valence-corrected chi connectivity index (χ0v) is 18.4. The van der Waals surface area contributed by atoms with Gasteiger partial charge < -0.3 is 19.7 Å². The van der Waals surface area contributed by atoms with E-state index in [1.807, 2.05) is 18.2 Å². The van der Waals surface area contributed by atoms with Crippen molar-refractivity contribution in [2.45, 2.75) is 19.3 Å². The van der Waals surface area contributed by atoms with Crippen molar-refractivity contribution in [1.82, 2.24) is 4.90 Å². The maximum Gasteiger partial charge on any atom is 0.228 e. The molecule has 0 atom stereocenters. The summed E-state index contributed by atoms with van der Waals surface area (Å²) in [4.78, 5) is 17.6. The molecule has 164 valence electrons. The number of anilines is 2. The molecule has 5 rings (SSSR count). The van der Waals surface area contributed by atoms with Gasteiger partial charge in [0.05, 0.1) is 11.4 Å². The standard InChI is InChI=1S/C24H28ClN3O3/c25-21-12-18(13-22-24(21)31-11-10-30-22)14-23(29)26-19-2-1-3-20(15-19)28-8-6-27(7-9-28)16-17-4-5-17/h1-3,12-13,15,17H,4-11,14,16H2,(H,26,29). The van der Waals surface area contributed by atoms with Crippen LogP contribution in [0.4, 0.5) is 11.4 Å². The topological polar surface area (TPSA) is 54.0 Å². The molecule has 31 heavy (non-hydrogen) atoms. The quantitative estimate of drug-likeness (QED) is 0.738. The number of amides is 1. The number of ether oxygens (including phenoxy) is 2. The van der Waals surface area contributed by atoms with Crippen molar-refractivity contribution in [3.05, 3.63) is 47.0 Å². The molecule has 1 saturated heterocycles. The minimum absolute atomic E-state index is 0.0841. The van der Waals surface area contributed by atoms with E-state index in [0.717, 1.165) is 49.0 Å². The van der Waals surface area contributed by atoms with Gasteiger partial charge in [-0.25, -0.2) is 0 Å². The van der Waals surface area contributed by atoms with Crippen LogP contribution in [-0.4, -0.2) is 56.7 Å². The van der Waals surface area contributed by atoms with E-state index in [1.165, 1.54) is 19.4 Å². The van der Waals surface area contributed by atoms with Crippen LogP contribution < -0.4 is 19.7 Å². The van der Waals surface area contributed by atoms with E-state index in [2.05, 4.69) is 27.2 Å². The Morgan fingerprint density at radius 2 is 1.87 bits per heavy atom. The van der Waals surface area contributed by atoms with Crippen LogP contribution in [0.3, 0.4) is 0 Å². The predicted molar refractivity (Wildman–Crippen MR) is 123 cm³/mol. The second-order valence-electron chi connectivity index (χ2n) is 8.61. The van der Waals surface area contributed by atoms with E-state index in [0.29, 0.717) is 29.7 Å². The van der Waals surface area contributed by atoms with Crippen molar-refractivity contribution >= 4 is 28.9 Å². The molecule has 2 heterocycles. The van der Waals surface area contributed by atoms with E-state index in [-0.39, 0.29) is 12.3 Å². The summed E-state index contributed by atoms with van der Waals surface area (Å²) in [5.41, 5.74) is 2.77. The molecular weight excluding hydrogens is 414 g/mol. The minimum atomic E-state index is -0.0841. The maximum atomic E-state index is 12.7. The number of carbonyl (C=O) groups is 1. The summed E-state index contributed by atoms with van der Waals surface area (Å²) < 4.78 is 11.2. The minimum Gasteiger partial charge on any atom is -0.486 e. The van der Waals surface area contributed by atoms with Gasteiger partial charge in [0.1, 0.15) is 13.2 Å². The number of piperazine rings is 1. The largest absolute Gasteiger partial charge is 0.486 e. The van der Waals surface area contributed by atoms with E-state index in [1.54, 1.807) is 6.07 Å². The molecule has 2 fully saturated rings. The third-order valence-corrected chi connectivity index (χ3v) is 6.38. The zero-order valence-electron chi connectivity index (χ0n) is 17.6. The summed E-state index contributed by atoms with van der Waals surface area (Å²) in [6, 6.07) is 11.7. The summed E-state index contributed by atoms with van der Waals surface area (Å²) in [5, 5.41) is 3.50. The highest BCUT2D eigenvalue weighted by molar-refractivity contribution is 6.32. The monoisotopic (exact) mass is 441 g/mol. The van der Waals surface area contributed by atoms with Crippen LogP contribution in [0.2, 0.25) is 5.02 Å². The Bertz CT molecular complexity index is 955. The molecule has 0 spiro atoms. The fourth-order valence-corrected chi connectivity index (χ4v) is 4.58. The van der Waals surface area contributed by atoms with Gasteiger partial charge in [-0.05, 0) is 54.7 Å². The Morgan fingerprint density at radius 3 is 2.68 bits per heavy atom. The van der Waals surface area contributed by atoms with Crippen molar-refractivity contribution in [3.8, 4) is 11.5 Å². The summed E-state index contributed by atoms with van der Waals surface area (Å²) in [6.07, 6.45) is 3.03. The smallest absolute Gasteiger partial charge is 0.228 e. The molecule has 7 heteroatoms. The Labute approximate surface area is 188 Å². The summed E-state index contributed by atoms with van der Waals surface area (Å²) in [5.74, 6) is 2.01. The second-order valence-corrected chi connectivity index (χ2v) is 9.02. The van der Waals surface area contributed by atoms with Crippen molar-refractivity contribution in [2.24, 2.45) is 5.92 Å². The first-order valence-corrected chi connectivity index (χ1v) is 11.5. The molecule has 1 amide bonds. The number of rotatable bonds is 6. The molecule has 2 aliphatic heterocycles. The van der Waals surface area contributed by atoms with Gasteiger partial charge in [0, 0.05) is 44.1 Å². The lowest BCUT2D eigenvalue weighted by atomic mass is 10.1. The molecule has 6 nitrogen and oxygen atoms in total. The average molecular weight is 442 g/mol. The highest BCUT2D eigenvalue weighted by atomic mass is 35.5. The number of nitrogens with zero attached hydrogens (tertiary/aromatic N) is 2. The van der Waals surface area contributed by atoms with Crippen LogP contribution in [0.5, 0.6) is 11.5 Å². The normalized spacial score (nSPS) is 18.7. The molecule has 1 saturated carbocycles. The van der Waals surface area contributed by atoms with E-state index >= 15 is 0 Å². The molecule has 0 radical (unpaired) electrons. The number of hydrogen-bond acceptors (Lipinski definition) is 5. The van der Waals surface area contributed by atoms with Crippen LogP contribution >= 0.6 is 11.6 Å². The van der Waals surface area contributed by atoms with Crippen molar-refractivity contribution < 1.29 is 14.3 Å². The average Bonchev–Trinajstić information content (AvgIpc) is 3.58. The van der Waals surface area contributed by atoms with Gasteiger partial charge in [-0.1, -0.05) is 17.7 Å². The van der Waals surface area contributed by atoms with Gasteiger partial charge in [0.2, 0.25) is 5.91 Å². The number of nitrogens with one attached hydrogen (secondary N) is 1. The first-order valence-electron chi connectivity index (χ1n) is 11.1. The molecule has 2 aromatic carbocycles. The van der Waals surface area contributed by atoms with Gasteiger partial charge in [-0.15, -0.1) is 0 Å². The second kappa shape index (κ2) is 8.97. The number of fused-ring (bicyclic) bond motifs is 1. The van der Waals surface area contributed by atoms with E-state index in [9.17, 15) is 4.79 Å².